The first-order valence-electron chi connectivity index (χ1n) is 34.6. The number of fused-ring (bicyclic) bond motifs is 3. The lowest BCUT2D eigenvalue weighted by molar-refractivity contribution is -0.168. The lowest BCUT2D eigenvalue weighted by atomic mass is 9.85. The maximum absolute atomic E-state index is 13.7. The SMILES string of the molecule is C.CCC(C)(C)O[C@H](C(=O)O)c1c(C)cc2ccccc2c1-c1ccc2c3c(ccnc13)CCO2.Cc1cc2ccccc2c(-c2ccc3c4c(ccnc24)CCO3)c1[C@H](OC(C)(C)CF)C(=O)O.Cc1cc2ccccc2c(-c2ccc3c4c(ccnc24)CCO3)c1[C@H](OC(C)(CF)CF)C(=O)O. The summed E-state index contributed by atoms with van der Waals surface area (Å²) in [6.07, 6.45) is 4.33. The summed E-state index contributed by atoms with van der Waals surface area (Å²) in [5.41, 5.74) is 10.4. The molecule has 0 unspecified atom stereocenters. The smallest absolute Gasteiger partial charge is 0.337 e. The van der Waals surface area contributed by atoms with Gasteiger partial charge < -0.3 is 43.7 Å². The molecule has 3 atom stereocenters. The molecular weight excluding hydrogens is 1320 g/mol. The quantitative estimate of drug-likeness (QED) is 0.0688. The molecule has 6 heterocycles. The molecule has 0 bridgehead atoms. The van der Waals surface area contributed by atoms with Crippen LogP contribution in [0, 0.1) is 20.8 Å². The molecule has 3 aliphatic rings. The second kappa shape index (κ2) is 29.7. The standard InChI is InChI=1S/C29H29NO4.C28H25F2NO4.C28H26FNO4.CH4/c1-5-29(3,4)34-27(28(31)32)23-17(2)16-19-8-6-7-9-20(19)25(23)21-10-11-22-24-18(13-15-33-22)12-14-30-26(21)24;1-16-13-18-5-3-4-6-19(18)24(22(16)26(27(32)33)35-28(2,14-29)15-30)20-7-8-21-23-17(10-12-34-21)9-11-31-25(20)23;1-16-14-18-6-4-5-7-19(18)24(22(16)26(27(31)32)34-28(2,3)15-29)20-8-9-21-23-17(11-13-33-21)10-12-30-25(20)23;/h6-12,14,16,27H,5,13,15H2,1-4H3,(H,31,32);3-9,11,13,26H,10,12,14-15H2,1-2H3,(H,32,33);4-10,12,14,26H,11,13,15H2,1-3H3,(H,31,32);1H4/t27-;2*26-;/m000./s1. The molecule has 12 aromatic rings. The second-order valence-electron chi connectivity index (χ2n) is 28.1. The minimum atomic E-state index is -1.88. The maximum atomic E-state index is 13.7. The Hall–Kier alpha value is -10.5. The Bertz CT molecular complexity index is 5100. The number of carboxylic acid groups (broad SMARTS) is 3. The van der Waals surface area contributed by atoms with Gasteiger partial charge in [0.2, 0.25) is 0 Å². The number of ether oxygens (including phenoxy) is 6. The fourth-order valence-corrected chi connectivity index (χ4v) is 14.5. The highest BCUT2D eigenvalue weighted by Crippen LogP contribution is 2.50. The van der Waals surface area contributed by atoms with Gasteiger partial charge in [0, 0.05) is 87.4 Å². The van der Waals surface area contributed by atoms with E-state index in [9.17, 15) is 42.9 Å². The van der Waals surface area contributed by atoms with Gasteiger partial charge >= 0.3 is 17.9 Å². The van der Waals surface area contributed by atoms with E-state index in [0.29, 0.717) is 65.1 Å². The molecule has 18 heteroatoms. The summed E-state index contributed by atoms with van der Waals surface area (Å²) in [6, 6.07) is 47.0. The average molecular weight is 1410 g/mol. The van der Waals surface area contributed by atoms with Crippen LogP contribution >= 0.6 is 0 Å². The van der Waals surface area contributed by atoms with Crippen molar-refractivity contribution in [3.63, 3.8) is 0 Å². The van der Waals surface area contributed by atoms with Gasteiger partial charge in [-0.05, 0) is 199 Å². The molecule has 15 rings (SSSR count). The highest BCUT2D eigenvalue weighted by Gasteiger charge is 2.39. The number of pyridine rings is 3. The number of benzene rings is 9. The van der Waals surface area contributed by atoms with E-state index >= 15 is 0 Å². The van der Waals surface area contributed by atoms with Crippen LogP contribution in [0.1, 0.15) is 124 Å². The van der Waals surface area contributed by atoms with Crippen molar-refractivity contribution in [1.82, 2.24) is 15.0 Å². The van der Waals surface area contributed by atoms with Crippen molar-refractivity contribution in [3.05, 3.63) is 214 Å². The maximum Gasteiger partial charge on any atom is 0.337 e. The highest BCUT2D eigenvalue weighted by molar-refractivity contribution is 6.12. The predicted octanol–water partition coefficient (Wildman–Crippen LogP) is 19.6. The summed E-state index contributed by atoms with van der Waals surface area (Å²) >= 11 is 0. The first-order valence-corrected chi connectivity index (χ1v) is 34.6. The van der Waals surface area contributed by atoms with Crippen molar-refractivity contribution in [3.8, 4) is 50.6 Å². The number of hydrogen-bond acceptors (Lipinski definition) is 12. The van der Waals surface area contributed by atoms with Gasteiger partial charge in [-0.1, -0.05) is 105 Å². The zero-order chi connectivity index (χ0) is 72.8. The van der Waals surface area contributed by atoms with Crippen LogP contribution in [0.15, 0.2) is 164 Å². The predicted molar refractivity (Wildman–Crippen MR) is 402 cm³/mol. The lowest BCUT2D eigenvalue weighted by Gasteiger charge is -2.31. The number of nitrogens with zero attached hydrogens (tertiary/aromatic N) is 3. The number of aliphatic carboxylic acids is 3. The molecule has 3 aromatic heterocycles. The normalized spacial score (nSPS) is 14.1. The van der Waals surface area contributed by atoms with Crippen LogP contribution in [-0.2, 0) is 47.9 Å². The van der Waals surface area contributed by atoms with Crippen LogP contribution in [0.3, 0.4) is 0 Å². The fraction of sp³-hybridized carbons (Fsp3) is 0.302. The van der Waals surface area contributed by atoms with Gasteiger partial charge in [-0.25, -0.2) is 27.6 Å². The Labute approximate surface area is 601 Å². The van der Waals surface area contributed by atoms with Crippen molar-refractivity contribution in [1.29, 1.82) is 0 Å². The van der Waals surface area contributed by atoms with Gasteiger partial charge in [-0.3, -0.25) is 15.0 Å². The zero-order valence-electron chi connectivity index (χ0n) is 58.9. The number of alkyl halides is 3. The molecular formula is C86H84F3N3O12. The van der Waals surface area contributed by atoms with Crippen LogP contribution in [0.25, 0.3) is 98.4 Å². The van der Waals surface area contributed by atoms with Crippen molar-refractivity contribution in [2.75, 3.05) is 39.8 Å². The van der Waals surface area contributed by atoms with Crippen LogP contribution in [0.5, 0.6) is 17.2 Å². The van der Waals surface area contributed by atoms with Gasteiger partial charge in [0.1, 0.15) is 42.9 Å². The van der Waals surface area contributed by atoms with E-state index in [1.165, 1.54) is 12.5 Å². The summed E-state index contributed by atoms with van der Waals surface area (Å²) < 4.78 is 76.7. The van der Waals surface area contributed by atoms with E-state index in [1.807, 2.05) is 180 Å². The third kappa shape index (κ3) is 13.9. The number of halogens is 3. The molecule has 0 fully saturated rings. The van der Waals surface area contributed by atoms with E-state index in [2.05, 4.69) is 11.1 Å². The van der Waals surface area contributed by atoms with Crippen molar-refractivity contribution < 1.29 is 71.3 Å². The molecule has 0 aliphatic carbocycles. The number of rotatable bonds is 19. The number of hydrogen-bond donors (Lipinski definition) is 3. The minimum Gasteiger partial charge on any atom is -0.493 e. The van der Waals surface area contributed by atoms with E-state index in [4.69, 9.17) is 38.4 Å². The number of carboxylic acids is 3. The van der Waals surface area contributed by atoms with Gasteiger partial charge in [0.15, 0.2) is 18.3 Å². The first kappa shape index (κ1) is 73.2. The average Bonchev–Trinajstić information content (AvgIpc) is 0.745. The first-order chi connectivity index (χ1) is 49.5. The number of aromatic nitrogens is 3. The second-order valence-corrected chi connectivity index (χ2v) is 28.1. The monoisotopic (exact) mass is 1410 g/mol. The Balaban J connectivity index is 0.000000146. The topological polar surface area (TPSA) is 206 Å². The van der Waals surface area contributed by atoms with Crippen molar-refractivity contribution >= 4 is 82.9 Å². The van der Waals surface area contributed by atoms with Gasteiger partial charge in [0.25, 0.3) is 0 Å². The van der Waals surface area contributed by atoms with E-state index in [-0.39, 0.29) is 7.43 Å². The molecule has 0 spiro atoms. The van der Waals surface area contributed by atoms with Crippen LogP contribution in [0.2, 0.25) is 0 Å². The molecule has 15 nitrogen and oxygen atoms in total. The van der Waals surface area contributed by atoms with Gasteiger partial charge in [0.05, 0.1) is 47.6 Å². The summed E-state index contributed by atoms with van der Waals surface area (Å²) in [5, 5.41) is 39.2. The summed E-state index contributed by atoms with van der Waals surface area (Å²) in [7, 11) is 0. The lowest BCUT2D eigenvalue weighted by Crippen LogP contribution is -2.38. The summed E-state index contributed by atoms with van der Waals surface area (Å²) in [6.45, 7) is 14.5. The number of aryl methyl sites for hydroxylation is 3. The zero-order valence-corrected chi connectivity index (χ0v) is 58.9. The molecule has 536 valence electrons. The molecule has 9 aromatic carbocycles. The molecule has 0 radical (unpaired) electrons. The molecule has 3 N–H and O–H groups in total. The van der Waals surface area contributed by atoms with E-state index in [1.54, 1.807) is 33.2 Å². The minimum absolute atomic E-state index is 0. The van der Waals surface area contributed by atoms with Crippen LogP contribution < -0.4 is 14.2 Å². The van der Waals surface area contributed by atoms with Crippen LogP contribution in [0.4, 0.5) is 13.2 Å². The number of carbonyl (C=O) groups is 3. The molecule has 3 aliphatic heterocycles. The molecule has 0 saturated heterocycles. The summed E-state index contributed by atoms with van der Waals surface area (Å²) in [4.78, 5) is 51.8. The Morgan fingerprint density at radius 1 is 0.442 bits per heavy atom. The molecule has 0 amide bonds. The van der Waals surface area contributed by atoms with Crippen LogP contribution in [-0.4, -0.2) is 105 Å². The molecule has 104 heavy (non-hydrogen) atoms. The highest BCUT2D eigenvalue weighted by atomic mass is 19.1. The Morgan fingerprint density at radius 2 is 0.750 bits per heavy atom. The van der Waals surface area contributed by atoms with E-state index in [0.717, 1.165) is 141 Å². The van der Waals surface area contributed by atoms with E-state index < -0.39 is 73.0 Å². The third-order valence-electron chi connectivity index (χ3n) is 19.9. The fourth-order valence-electron chi connectivity index (χ4n) is 14.5. The third-order valence-corrected chi connectivity index (χ3v) is 19.9. The Kier molecular flexibility index (Phi) is 20.9. The Morgan fingerprint density at radius 3 is 1.05 bits per heavy atom. The molecule has 0 saturated carbocycles. The van der Waals surface area contributed by atoms with Crippen molar-refractivity contribution in [2.24, 2.45) is 0 Å². The summed E-state index contributed by atoms with van der Waals surface area (Å²) in [5.74, 6) is -1.16. The van der Waals surface area contributed by atoms with Crippen molar-refractivity contribution in [2.45, 2.75) is 131 Å². The van der Waals surface area contributed by atoms with Gasteiger partial charge in [-0.15, -0.1) is 0 Å². The largest absolute Gasteiger partial charge is 0.493 e. The van der Waals surface area contributed by atoms with Gasteiger partial charge in [-0.2, -0.15) is 0 Å².